The molecule has 2 heterocycles. The second-order valence-corrected chi connectivity index (χ2v) is 3.65. The Hall–Kier alpha value is -1.55. The van der Waals surface area contributed by atoms with Crippen molar-refractivity contribution in [3.8, 4) is 0 Å². The molecular weight excluding hydrogens is 190 g/mol. The monoisotopic (exact) mass is 205 g/mol. The van der Waals surface area contributed by atoms with Crippen LogP contribution in [-0.4, -0.2) is 9.72 Å². The molecule has 2 rings (SSSR count). The van der Waals surface area contributed by atoms with Crippen LogP contribution < -0.4 is 5.32 Å². The predicted molar refractivity (Wildman–Crippen MR) is 57.2 cm³/mol. The number of rotatable bonds is 4. The summed E-state index contributed by atoms with van der Waals surface area (Å²) >= 11 is 0. The highest BCUT2D eigenvalue weighted by Crippen LogP contribution is 2.03. The van der Waals surface area contributed by atoms with Gasteiger partial charge in [-0.25, -0.2) is 0 Å². The Morgan fingerprint density at radius 2 is 2.33 bits per heavy atom. The van der Waals surface area contributed by atoms with Crippen molar-refractivity contribution in [3.05, 3.63) is 41.5 Å². The summed E-state index contributed by atoms with van der Waals surface area (Å²) in [6.45, 7) is 3.47. The van der Waals surface area contributed by atoms with Crippen molar-refractivity contribution in [2.24, 2.45) is 7.05 Å². The first-order chi connectivity index (χ1) is 7.25. The third-order valence-electron chi connectivity index (χ3n) is 2.33. The Morgan fingerprint density at radius 3 is 2.93 bits per heavy atom. The molecule has 0 amide bonds. The third kappa shape index (κ3) is 2.47. The zero-order valence-electron chi connectivity index (χ0n) is 9.03. The second-order valence-electron chi connectivity index (χ2n) is 3.65. The first kappa shape index (κ1) is 9.98. The zero-order valence-corrected chi connectivity index (χ0v) is 9.03. The van der Waals surface area contributed by atoms with E-state index in [1.54, 1.807) is 0 Å². The SMILES string of the molecule is Cc1cc(CNCc2cccn2C)on1. The van der Waals surface area contributed by atoms with Gasteiger partial charge in [0.15, 0.2) is 5.76 Å². The average molecular weight is 205 g/mol. The molecule has 0 bridgehead atoms. The molecule has 4 heteroatoms. The molecule has 0 aliphatic heterocycles. The van der Waals surface area contributed by atoms with Crippen molar-refractivity contribution in [1.29, 1.82) is 0 Å². The van der Waals surface area contributed by atoms with Crippen LogP contribution in [0.15, 0.2) is 28.9 Å². The summed E-state index contributed by atoms with van der Waals surface area (Å²) in [7, 11) is 2.04. The average Bonchev–Trinajstić information content (AvgIpc) is 2.77. The molecular formula is C11H15N3O. The highest BCUT2D eigenvalue weighted by Gasteiger charge is 2.00. The summed E-state index contributed by atoms with van der Waals surface area (Å²) in [5.74, 6) is 0.877. The third-order valence-corrected chi connectivity index (χ3v) is 2.33. The molecule has 0 saturated heterocycles. The zero-order chi connectivity index (χ0) is 10.7. The van der Waals surface area contributed by atoms with E-state index >= 15 is 0 Å². The van der Waals surface area contributed by atoms with E-state index < -0.39 is 0 Å². The van der Waals surface area contributed by atoms with Crippen LogP contribution in [0.4, 0.5) is 0 Å². The molecule has 0 aliphatic carbocycles. The predicted octanol–water partition coefficient (Wildman–Crippen LogP) is 1.61. The Labute approximate surface area is 88.9 Å². The highest BCUT2D eigenvalue weighted by molar-refractivity contribution is 5.07. The van der Waals surface area contributed by atoms with E-state index in [2.05, 4.69) is 21.1 Å². The normalized spacial score (nSPS) is 10.8. The summed E-state index contributed by atoms with van der Waals surface area (Å²) in [5.41, 5.74) is 2.18. The molecule has 0 aromatic carbocycles. The number of nitrogens with one attached hydrogen (secondary N) is 1. The van der Waals surface area contributed by atoms with Gasteiger partial charge in [0.05, 0.1) is 12.2 Å². The van der Waals surface area contributed by atoms with Gasteiger partial charge in [-0.15, -0.1) is 0 Å². The Kier molecular flexibility index (Phi) is 2.87. The largest absolute Gasteiger partial charge is 0.360 e. The molecule has 80 valence electrons. The van der Waals surface area contributed by atoms with Gasteiger partial charge in [0.25, 0.3) is 0 Å². The molecule has 4 nitrogen and oxygen atoms in total. The van der Waals surface area contributed by atoms with Crippen molar-refractivity contribution in [2.75, 3.05) is 0 Å². The van der Waals surface area contributed by atoms with Crippen molar-refractivity contribution >= 4 is 0 Å². The minimum atomic E-state index is 0.714. The minimum absolute atomic E-state index is 0.714. The Balaban J connectivity index is 1.83. The maximum atomic E-state index is 5.09. The molecule has 0 unspecified atom stereocenters. The van der Waals surface area contributed by atoms with Gasteiger partial charge in [-0.05, 0) is 19.1 Å². The molecule has 0 saturated carbocycles. The van der Waals surface area contributed by atoms with E-state index in [9.17, 15) is 0 Å². The topological polar surface area (TPSA) is 43.0 Å². The molecule has 2 aromatic heterocycles. The number of nitrogens with zero attached hydrogens (tertiary/aromatic N) is 2. The van der Waals surface area contributed by atoms with E-state index in [1.807, 2.05) is 32.3 Å². The maximum absolute atomic E-state index is 5.09. The molecule has 0 radical (unpaired) electrons. The molecule has 0 fully saturated rings. The van der Waals surface area contributed by atoms with E-state index in [1.165, 1.54) is 5.69 Å². The van der Waals surface area contributed by atoms with Gasteiger partial charge in [0, 0.05) is 31.5 Å². The van der Waals surface area contributed by atoms with Crippen molar-refractivity contribution in [1.82, 2.24) is 15.0 Å². The lowest BCUT2D eigenvalue weighted by Gasteiger charge is -2.03. The van der Waals surface area contributed by atoms with Gasteiger partial charge in [-0.1, -0.05) is 5.16 Å². The van der Waals surface area contributed by atoms with Crippen molar-refractivity contribution < 1.29 is 4.52 Å². The fraction of sp³-hybridized carbons (Fsp3) is 0.364. The fourth-order valence-corrected chi connectivity index (χ4v) is 1.49. The second kappa shape index (κ2) is 4.31. The number of hydrogen-bond donors (Lipinski definition) is 1. The van der Waals surface area contributed by atoms with Gasteiger partial charge in [0.2, 0.25) is 0 Å². The van der Waals surface area contributed by atoms with E-state index in [-0.39, 0.29) is 0 Å². The number of aromatic nitrogens is 2. The van der Waals surface area contributed by atoms with Crippen LogP contribution >= 0.6 is 0 Å². The molecule has 2 aromatic rings. The van der Waals surface area contributed by atoms with Gasteiger partial charge < -0.3 is 14.4 Å². The smallest absolute Gasteiger partial charge is 0.150 e. The molecule has 0 spiro atoms. The highest BCUT2D eigenvalue weighted by atomic mass is 16.5. The first-order valence-corrected chi connectivity index (χ1v) is 4.99. The lowest BCUT2D eigenvalue weighted by atomic mass is 10.3. The Bertz CT molecular complexity index is 430. The lowest BCUT2D eigenvalue weighted by Crippen LogP contribution is -2.14. The summed E-state index contributed by atoms with van der Waals surface area (Å²) in [6.07, 6.45) is 2.04. The standard InChI is InChI=1S/C11H15N3O/c1-9-6-11(15-13-9)8-12-7-10-4-3-5-14(10)2/h3-6,12H,7-8H2,1-2H3. The van der Waals surface area contributed by atoms with Gasteiger partial charge in [-0.2, -0.15) is 0 Å². The Morgan fingerprint density at radius 1 is 1.47 bits per heavy atom. The van der Waals surface area contributed by atoms with Crippen LogP contribution in [-0.2, 0) is 20.1 Å². The van der Waals surface area contributed by atoms with Crippen LogP contribution in [0.25, 0.3) is 0 Å². The summed E-state index contributed by atoms with van der Waals surface area (Å²) in [6, 6.07) is 6.08. The van der Waals surface area contributed by atoms with Gasteiger partial charge >= 0.3 is 0 Å². The van der Waals surface area contributed by atoms with E-state index in [4.69, 9.17) is 4.52 Å². The van der Waals surface area contributed by atoms with Crippen molar-refractivity contribution in [2.45, 2.75) is 20.0 Å². The van der Waals surface area contributed by atoms with E-state index in [0.717, 1.165) is 18.0 Å². The van der Waals surface area contributed by atoms with Gasteiger partial charge in [-0.3, -0.25) is 0 Å². The first-order valence-electron chi connectivity index (χ1n) is 4.99. The summed E-state index contributed by atoms with van der Waals surface area (Å²) < 4.78 is 7.19. The van der Waals surface area contributed by atoms with Crippen LogP contribution in [0.2, 0.25) is 0 Å². The van der Waals surface area contributed by atoms with Crippen LogP contribution in [0.3, 0.4) is 0 Å². The molecule has 0 aliphatic rings. The van der Waals surface area contributed by atoms with Crippen LogP contribution in [0.1, 0.15) is 17.1 Å². The number of aryl methyl sites for hydroxylation is 2. The summed E-state index contributed by atoms with van der Waals surface area (Å²) in [4.78, 5) is 0. The van der Waals surface area contributed by atoms with E-state index in [0.29, 0.717) is 6.54 Å². The molecule has 15 heavy (non-hydrogen) atoms. The maximum Gasteiger partial charge on any atom is 0.150 e. The van der Waals surface area contributed by atoms with Crippen LogP contribution in [0.5, 0.6) is 0 Å². The lowest BCUT2D eigenvalue weighted by molar-refractivity contribution is 0.369. The van der Waals surface area contributed by atoms with Crippen molar-refractivity contribution in [3.63, 3.8) is 0 Å². The summed E-state index contributed by atoms with van der Waals surface area (Å²) in [5, 5.41) is 7.13. The minimum Gasteiger partial charge on any atom is -0.360 e. The van der Waals surface area contributed by atoms with Gasteiger partial charge in [0.1, 0.15) is 0 Å². The number of hydrogen-bond acceptors (Lipinski definition) is 3. The quantitative estimate of drug-likeness (QED) is 0.824. The molecule has 1 N–H and O–H groups in total. The fourth-order valence-electron chi connectivity index (χ4n) is 1.49. The van der Waals surface area contributed by atoms with Crippen LogP contribution in [0, 0.1) is 6.92 Å². The molecule has 0 atom stereocenters.